The van der Waals surface area contributed by atoms with Crippen LogP contribution in [-0.4, -0.2) is 37.2 Å². The minimum Gasteiger partial charge on any atom is -0.462 e. The molecule has 0 amide bonds. The van der Waals surface area contributed by atoms with Gasteiger partial charge < -0.3 is 14.2 Å². The van der Waals surface area contributed by atoms with Crippen molar-refractivity contribution in [3.05, 3.63) is 122 Å². The molecule has 0 spiro atoms. The van der Waals surface area contributed by atoms with Crippen LogP contribution >= 0.6 is 0 Å². The van der Waals surface area contributed by atoms with Crippen LogP contribution < -0.4 is 0 Å². The van der Waals surface area contributed by atoms with E-state index in [4.69, 9.17) is 14.2 Å². The Bertz CT molecular complexity index is 1440. The molecule has 0 aromatic heterocycles. The third-order valence-corrected chi connectivity index (χ3v) is 11.0. The predicted octanol–water partition coefficient (Wildman–Crippen LogP) is 18.1. The van der Waals surface area contributed by atoms with Gasteiger partial charge in [-0.2, -0.15) is 0 Å². The summed E-state index contributed by atoms with van der Waals surface area (Å²) in [5.41, 5.74) is 0. The molecule has 0 aliphatic heterocycles. The number of ether oxygens (including phenoxy) is 3. The highest BCUT2D eigenvalue weighted by Gasteiger charge is 2.19. The van der Waals surface area contributed by atoms with Gasteiger partial charge >= 0.3 is 17.9 Å². The van der Waals surface area contributed by atoms with E-state index in [9.17, 15) is 14.4 Å². The molecular formula is C61H98O6. The van der Waals surface area contributed by atoms with Crippen molar-refractivity contribution in [3.8, 4) is 0 Å². The van der Waals surface area contributed by atoms with Crippen molar-refractivity contribution in [3.63, 3.8) is 0 Å². The number of esters is 3. The molecular weight excluding hydrogens is 829 g/mol. The average molecular weight is 927 g/mol. The highest BCUT2D eigenvalue weighted by Crippen LogP contribution is 2.13. The van der Waals surface area contributed by atoms with E-state index >= 15 is 0 Å². The largest absolute Gasteiger partial charge is 0.462 e. The maximum atomic E-state index is 12.7. The van der Waals surface area contributed by atoms with Crippen molar-refractivity contribution in [1.29, 1.82) is 0 Å². The van der Waals surface area contributed by atoms with Gasteiger partial charge in [0.05, 0.1) is 0 Å². The molecule has 0 aromatic carbocycles. The van der Waals surface area contributed by atoms with Crippen molar-refractivity contribution >= 4 is 17.9 Å². The first-order valence-electron chi connectivity index (χ1n) is 27.0. The van der Waals surface area contributed by atoms with Crippen LogP contribution in [-0.2, 0) is 28.6 Å². The number of hydrogen-bond acceptors (Lipinski definition) is 6. The second-order valence-corrected chi connectivity index (χ2v) is 17.4. The van der Waals surface area contributed by atoms with Crippen LogP contribution in [0.2, 0.25) is 0 Å². The Morgan fingerprint density at radius 1 is 0.313 bits per heavy atom. The van der Waals surface area contributed by atoms with E-state index in [0.717, 1.165) is 122 Å². The summed E-state index contributed by atoms with van der Waals surface area (Å²) in [6.07, 6.45) is 75.1. The Labute approximate surface area is 412 Å². The molecule has 0 N–H and O–H groups in total. The summed E-state index contributed by atoms with van der Waals surface area (Å²) < 4.78 is 16.6. The molecule has 0 fully saturated rings. The molecule has 0 heterocycles. The predicted molar refractivity (Wildman–Crippen MR) is 288 cm³/mol. The van der Waals surface area contributed by atoms with Gasteiger partial charge in [-0.3, -0.25) is 14.4 Å². The van der Waals surface area contributed by atoms with Crippen molar-refractivity contribution in [2.75, 3.05) is 13.2 Å². The Morgan fingerprint density at radius 2 is 0.582 bits per heavy atom. The van der Waals surface area contributed by atoms with E-state index in [1.807, 2.05) is 0 Å². The van der Waals surface area contributed by atoms with Crippen molar-refractivity contribution in [2.24, 2.45) is 0 Å². The molecule has 0 aliphatic carbocycles. The van der Waals surface area contributed by atoms with Crippen LogP contribution in [0.3, 0.4) is 0 Å². The molecule has 0 bridgehead atoms. The second kappa shape index (κ2) is 54.4. The normalized spacial score (nSPS) is 13.1. The quantitative estimate of drug-likeness (QED) is 0.0262. The van der Waals surface area contributed by atoms with Crippen molar-refractivity contribution < 1.29 is 28.6 Å². The molecule has 0 aromatic rings. The lowest BCUT2D eigenvalue weighted by Gasteiger charge is -2.18. The minimum absolute atomic E-state index is 0.0920. The molecule has 378 valence electrons. The Hall–Kier alpha value is -4.19. The van der Waals surface area contributed by atoms with Gasteiger partial charge in [0.1, 0.15) is 13.2 Å². The van der Waals surface area contributed by atoms with E-state index < -0.39 is 6.10 Å². The summed E-state index contributed by atoms with van der Waals surface area (Å²) >= 11 is 0. The number of unbranched alkanes of at least 4 members (excludes halogenated alkanes) is 16. The molecule has 0 radical (unpaired) electrons. The van der Waals surface area contributed by atoms with E-state index in [-0.39, 0.29) is 31.1 Å². The molecule has 0 aliphatic rings. The minimum atomic E-state index is -0.791. The highest BCUT2D eigenvalue weighted by molar-refractivity contribution is 5.71. The first kappa shape index (κ1) is 62.8. The van der Waals surface area contributed by atoms with Crippen LogP contribution in [0.15, 0.2) is 122 Å². The average Bonchev–Trinajstić information content (AvgIpc) is 3.33. The van der Waals surface area contributed by atoms with Crippen LogP contribution in [0.4, 0.5) is 0 Å². The smallest absolute Gasteiger partial charge is 0.306 e. The van der Waals surface area contributed by atoms with Crippen LogP contribution in [0.25, 0.3) is 0 Å². The fourth-order valence-electron chi connectivity index (χ4n) is 6.94. The van der Waals surface area contributed by atoms with E-state index in [2.05, 4.69) is 142 Å². The molecule has 1 unspecified atom stereocenters. The zero-order valence-corrected chi connectivity index (χ0v) is 43.1. The number of carbonyl (C=O) groups excluding carboxylic acids is 3. The summed E-state index contributed by atoms with van der Waals surface area (Å²) in [5, 5.41) is 0. The van der Waals surface area contributed by atoms with Gasteiger partial charge in [0.2, 0.25) is 0 Å². The fourth-order valence-corrected chi connectivity index (χ4v) is 6.94. The van der Waals surface area contributed by atoms with E-state index in [1.165, 1.54) is 64.2 Å². The van der Waals surface area contributed by atoms with Gasteiger partial charge in [-0.25, -0.2) is 0 Å². The maximum absolute atomic E-state index is 12.7. The molecule has 6 nitrogen and oxygen atoms in total. The van der Waals surface area contributed by atoms with Gasteiger partial charge in [-0.05, 0) is 96.3 Å². The SMILES string of the molecule is CC/C=C\C/C=C\C/C=C\C/C=C\C/C=C\C/C=C\C/C=C\C/C=C\C/C=C\C/C=C\CCCCC(=O)OCC(COC(=O)CCCCCCCCC)OC(=O)CCCCCCCCCCC. The second-order valence-electron chi connectivity index (χ2n) is 17.4. The molecule has 67 heavy (non-hydrogen) atoms. The summed E-state index contributed by atoms with van der Waals surface area (Å²) in [4.78, 5) is 37.6. The lowest BCUT2D eigenvalue weighted by atomic mass is 10.1. The number of carbonyl (C=O) groups is 3. The third kappa shape index (κ3) is 52.6. The van der Waals surface area contributed by atoms with Crippen LogP contribution in [0.1, 0.15) is 226 Å². The molecule has 0 saturated carbocycles. The first-order chi connectivity index (χ1) is 33.0. The zero-order valence-electron chi connectivity index (χ0n) is 43.1. The highest BCUT2D eigenvalue weighted by atomic mass is 16.6. The lowest BCUT2D eigenvalue weighted by molar-refractivity contribution is -0.167. The van der Waals surface area contributed by atoms with Gasteiger partial charge in [-0.1, -0.05) is 232 Å². The summed E-state index contributed by atoms with van der Waals surface area (Å²) in [6, 6.07) is 0. The Kier molecular flexibility index (Phi) is 51.0. The first-order valence-corrected chi connectivity index (χ1v) is 27.0. The summed E-state index contributed by atoms with van der Waals surface area (Å²) in [5.74, 6) is -0.955. The van der Waals surface area contributed by atoms with Gasteiger partial charge in [-0.15, -0.1) is 0 Å². The van der Waals surface area contributed by atoms with Crippen molar-refractivity contribution in [2.45, 2.75) is 232 Å². The lowest BCUT2D eigenvalue weighted by Crippen LogP contribution is -2.30. The number of allylic oxidation sites excluding steroid dienone is 20. The molecule has 6 heteroatoms. The van der Waals surface area contributed by atoms with Gasteiger partial charge in [0, 0.05) is 19.3 Å². The van der Waals surface area contributed by atoms with E-state index in [1.54, 1.807) is 0 Å². The van der Waals surface area contributed by atoms with Crippen LogP contribution in [0, 0.1) is 0 Å². The van der Waals surface area contributed by atoms with Gasteiger partial charge in [0.15, 0.2) is 6.10 Å². The number of hydrogen-bond donors (Lipinski definition) is 0. The third-order valence-electron chi connectivity index (χ3n) is 11.0. The fraction of sp³-hybridized carbons (Fsp3) is 0.623. The standard InChI is InChI=1S/C61H98O6/c1-4-7-10-13-16-18-19-20-21-22-23-24-25-26-27-28-29-30-31-32-33-34-35-36-37-38-39-40-41-43-45-48-51-54-60(63)66-57-58(56-65-59(62)53-50-47-44-15-12-9-6-3)67-61(64)55-52-49-46-42-17-14-11-8-5-2/h7,10,16,18,20-21,23-24,26-27,29-30,32-33,35-36,38-39,41,43,58H,4-6,8-9,11-15,17,19,22,25,28,31,34,37,40,42,44-57H2,1-3H3/b10-7-,18-16-,21-20-,24-23-,27-26-,30-29-,33-32-,36-35-,39-38-,43-41-. The van der Waals surface area contributed by atoms with Crippen LogP contribution in [0.5, 0.6) is 0 Å². The van der Waals surface area contributed by atoms with E-state index in [0.29, 0.717) is 19.3 Å². The Balaban J connectivity index is 4.18. The monoisotopic (exact) mass is 927 g/mol. The Morgan fingerprint density at radius 3 is 0.910 bits per heavy atom. The van der Waals surface area contributed by atoms with Crippen molar-refractivity contribution in [1.82, 2.24) is 0 Å². The summed E-state index contributed by atoms with van der Waals surface area (Å²) in [6.45, 7) is 6.40. The topological polar surface area (TPSA) is 78.9 Å². The van der Waals surface area contributed by atoms with Gasteiger partial charge in [0.25, 0.3) is 0 Å². The molecule has 0 rings (SSSR count). The molecule has 0 saturated heterocycles. The summed E-state index contributed by atoms with van der Waals surface area (Å²) in [7, 11) is 0. The maximum Gasteiger partial charge on any atom is 0.306 e. The number of rotatable bonds is 47. The zero-order chi connectivity index (χ0) is 48.6. The molecule has 1 atom stereocenters.